The Bertz CT molecular complexity index is 993. The van der Waals surface area contributed by atoms with Crippen molar-refractivity contribution >= 4 is 43.5 Å². The van der Waals surface area contributed by atoms with Crippen LogP contribution in [0.15, 0.2) is 32.5 Å². The van der Waals surface area contributed by atoms with Gasteiger partial charge in [-0.3, -0.25) is 5.43 Å². The second-order valence-corrected chi connectivity index (χ2v) is 8.38. The molecule has 1 saturated heterocycles. The average Bonchev–Trinajstić information content (AvgIpc) is 3.11. The molecule has 0 spiro atoms. The third kappa shape index (κ3) is 5.83. The van der Waals surface area contributed by atoms with Gasteiger partial charge < -0.3 is 10.5 Å². The van der Waals surface area contributed by atoms with E-state index in [1.807, 2.05) is 0 Å². The number of halogens is 2. The molecular formula is C14H18BrFN8O4S. The van der Waals surface area contributed by atoms with Crippen LogP contribution >= 0.6 is 15.9 Å². The fourth-order valence-corrected chi connectivity index (χ4v) is 3.83. The number of anilines is 2. The Morgan fingerprint density at radius 1 is 1.38 bits per heavy atom. The second-order valence-electron chi connectivity index (χ2n) is 6.20. The fourth-order valence-electron chi connectivity index (χ4n) is 2.75. The maximum atomic E-state index is 13.4. The summed E-state index contributed by atoms with van der Waals surface area (Å²) in [4.78, 5) is 0. The van der Waals surface area contributed by atoms with E-state index in [1.54, 1.807) is 5.01 Å². The highest BCUT2D eigenvalue weighted by molar-refractivity contribution is 9.10. The normalized spacial score (nSPS) is 16.7. The van der Waals surface area contributed by atoms with Gasteiger partial charge in [-0.25, -0.2) is 19.2 Å². The van der Waals surface area contributed by atoms with Gasteiger partial charge in [-0.2, -0.15) is 13.1 Å². The summed E-state index contributed by atoms with van der Waals surface area (Å²) in [5, 5.41) is 29.6. The van der Waals surface area contributed by atoms with Gasteiger partial charge in [-0.05, 0) is 57.3 Å². The Morgan fingerprint density at radius 2 is 2.10 bits per heavy atom. The van der Waals surface area contributed by atoms with Crippen molar-refractivity contribution in [3.8, 4) is 0 Å². The molecule has 0 amide bonds. The minimum atomic E-state index is -3.75. The van der Waals surface area contributed by atoms with Crippen LogP contribution in [-0.4, -0.2) is 53.9 Å². The number of nitrogens with one attached hydrogen (secondary N) is 3. The van der Waals surface area contributed by atoms with Crippen molar-refractivity contribution in [3.63, 3.8) is 0 Å². The van der Waals surface area contributed by atoms with Gasteiger partial charge >= 0.3 is 0 Å². The zero-order chi connectivity index (χ0) is 21.0. The molecule has 0 atom stereocenters. The van der Waals surface area contributed by atoms with Gasteiger partial charge in [-0.15, -0.1) is 0 Å². The largest absolute Gasteiger partial charge is 0.409 e. The van der Waals surface area contributed by atoms with Crippen molar-refractivity contribution in [2.24, 2.45) is 10.3 Å². The Hall–Kier alpha value is -2.33. The quantitative estimate of drug-likeness (QED) is 0.169. The van der Waals surface area contributed by atoms with Crippen LogP contribution in [0, 0.1) is 5.82 Å². The molecule has 1 fully saturated rings. The number of hydrazine groups is 1. The van der Waals surface area contributed by atoms with Crippen LogP contribution in [0.1, 0.15) is 18.5 Å². The molecule has 0 unspecified atom stereocenters. The first-order chi connectivity index (χ1) is 13.7. The van der Waals surface area contributed by atoms with Gasteiger partial charge in [0, 0.05) is 24.8 Å². The molecule has 15 heteroatoms. The molecule has 1 aromatic heterocycles. The van der Waals surface area contributed by atoms with Crippen molar-refractivity contribution in [1.82, 2.24) is 20.0 Å². The van der Waals surface area contributed by atoms with E-state index >= 15 is 0 Å². The minimum Gasteiger partial charge on any atom is -0.409 e. The highest BCUT2D eigenvalue weighted by atomic mass is 79.9. The topological polar surface area (TPSA) is 171 Å². The van der Waals surface area contributed by atoms with E-state index in [1.165, 1.54) is 18.2 Å². The predicted molar refractivity (Wildman–Crippen MR) is 105 cm³/mol. The fraction of sp³-hybridized carbons (Fsp3) is 0.357. The molecule has 1 aliphatic heterocycles. The summed E-state index contributed by atoms with van der Waals surface area (Å²) in [6.07, 6.45) is 1.04. The van der Waals surface area contributed by atoms with E-state index in [2.05, 4.69) is 46.9 Å². The number of aromatic nitrogens is 2. The summed E-state index contributed by atoms with van der Waals surface area (Å²) in [5.74, 6) is -0.328. The van der Waals surface area contributed by atoms with Crippen LogP contribution in [-0.2, 0) is 10.2 Å². The van der Waals surface area contributed by atoms with Crippen LogP contribution in [0.4, 0.5) is 15.9 Å². The van der Waals surface area contributed by atoms with Crippen LogP contribution < -0.4 is 20.6 Å². The highest BCUT2D eigenvalue weighted by Crippen LogP contribution is 2.22. The van der Waals surface area contributed by atoms with Gasteiger partial charge in [0.05, 0.1) is 4.47 Å². The summed E-state index contributed by atoms with van der Waals surface area (Å²) >= 11 is 3.08. The van der Waals surface area contributed by atoms with Gasteiger partial charge in [0.1, 0.15) is 5.82 Å². The van der Waals surface area contributed by atoms with Crippen molar-refractivity contribution in [1.29, 1.82) is 0 Å². The van der Waals surface area contributed by atoms with E-state index in [0.29, 0.717) is 31.6 Å². The van der Waals surface area contributed by atoms with Crippen LogP contribution in [0.3, 0.4) is 0 Å². The molecule has 0 radical (unpaired) electrons. The number of amidine groups is 1. The number of benzene rings is 1. The first kappa shape index (κ1) is 21.4. The number of piperidine rings is 1. The second kappa shape index (κ2) is 9.00. The third-order valence-corrected chi connectivity index (χ3v) is 5.35. The molecule has 1 aliphatic rings. The molecule has 3 rings (SSSR count). The zero-order valence-electron chi connectivity index (χ0n) is 14.8. The van der Waals surface area contributed by atoms with E-state index in [4.69, 9.17) is 9.77 Å². The summed E-state index contributed by atoms with van der Waals surface area (Å²) < 4.78 is 43.0. The maximum absolute atomic E-state index is 13.4. The summed E-state index contributed by atoms with van der Waals surface area (Å²) in [6.45, 7) is 0.979. The molecule has 29 heavy (non-hydrogen) atoms. The number of nitrogens with zero attached hydrogens (tertiary/aromatic N) is 4. The number of hydrogen-bond acceptors (Lipinski definition) is 9. The zero-order valence-corrected chi connectivity index (χ0v) is 17.2. The van der Waals surface area contributed by atoms with Crippen molar-refractivity contribution in [3.05, 3.63) is 34.2 Å². The van der Waals surface area contributed by atoms with E-state index < -0.39 is 16.0 Å². The first-order valence-electron chi connectivity index (χ1n) is 8.34. The van der Waals surface area contributed by atoms with E-state index in [-0.39, 0.29) is 27.9 Å². The third-order valence-electron chi connectivity index (χ3n) is 4.09. The molecule has 0 saturated carbocycles. The van der Waals surface area contributed by atoms with Crippen LogP contribution in [0.25, 0.3) is 0 Å². The summed E-state index contributed by atoms with van der Waals surface area (Å²) in [5.41, 5.74) is 3.53. The van der Waals surface area contributed by atoms with E-state index in [9.17, 15) is 18.0 Å². The molecule has 12 nitrogen and oxygen atoms in total. The molecule has 158 valence electrons. The Balaban J connectivity index is 1.65. The molecule has 2 heterocycles. The highest BCUT2D eigenvalue weighted by Gasteiger charge is 2.25. The average molecular weight is 493 g/mol. The van der Waals surface area contributed by atoms with Gasteiger partial charge in [0.15, 0.2) is 5.69 Å². The van der Waals surface area contributed by atoms with Gasteiger partial charge in [0.2, 0.25) is 11.7 Å². The smallest absolute Gasteiger partial charge is 0.274 e. The van der Waals surface area contributed by atoms with Crippen LogP contribution in [0.5, 0.6) is 0 Å². The molecule has 1 aromatic carbocycles. The summed E-state index contributed by atoms with van der Waals surface area (Å²) in [7, 11) is -3.75. The first-order valence-corrected chi connectivity index (χ1v) is 10.7. The Morgan fingerprint density at radius 3 is 2.72 bits per heavy atom. The lowest BCUT2D eigenvalue weighted by Crippen LogP contribution is -2.48. The number of oxime groups is 1. The molecule has 6 N–H and O–H groups in total. The van der Waals surface area contributed by atoms with Gasteiger partial charge in [-0.1, -0.05) is 5.16 Å². The lowest BCUT2D eigenvalue weighted by molar-refractivity contribution is 0.241. The Labute approximate surface area is 173 Å². The number of hydrogen-bond donors (Lipinski definition) is 5. The minimum absolute atomic E-state index is 0.0713. The molecular weight excluding hydrogens is 475 g/mol. The maximum Gasteiger partial charge on any atom is 0.274 e. The standard InChI is InChI=1S/C14H18BrFN8O4S/c15-10-7-9(1-2-11(10)16)18-13(20-25)12-14(22-28-21-12)19-24-5-3-8(4-6-24)23-29(17,26)27/h1-2,7-8,23,25H,3-6H2,(H,18,20)(H,19,22)(H2,17,26,27). The molecule has 2 aromatic rings. The van der Waals surface area contributed by atoms with Gasteiger partial charge in [0.25, 0.3) is 10.2 Å². The summed E-state index contributed by atoms with van der Waals surface area (Å²) in [6, 6.07) is 3.90. The Kier molecular flexibility index (Phi) is 6.63. The predicted octanol–water partition coefficient (Wildman–Crippen LogP) is 0.804. The molecule has 0 aliphatic carbocycles. The van der Waals surface area contributed by atoms with Crippen molar-refractivity contribution < 1.29 is 22.6 Å². The molecule has 0 bridgehead atoms. The lowest BCUT2D eigenvalue weighted by atomic mass is 10.1. The number of rotatable bonds is 6. The van der Waals surface area contributed by atoms with Crippen LogP contribution in [0.2, 0.25) is 0 Å². The van der Waals surface area contributed by atoms with Crippen molar-refractivity contribution in [2.75, 3.05) is 23.8 Å². The number of nitrogens with two attached hydrogens (primary N) is 1. The monoisotopic (exact) mass is 492 g/mol. The SMILES string of the molecule is NS(=O)(=O)NC1CCN(Nc2nonc2/C(=N\O)Nc2ccc(F)c(Br)c2)CC1. The lowest BCUT2D eigenvalue weighted by Gasteiger charge is -2.31. The van der Waals surface area contributed by atoms with E-state index in [0.717, 1.165) is 0 Å². The van der Waals surface area contributed by atoms with Crippen molar-refractivity contribution in [2.45, 2.75) is 18.9 Å².